The monoisotopic (exact) mass is 299 g/mol. The van der Waals surface area contributed by atoms with Crippen LogP contribution in [-0.4, -0.2) is 43.5 Å². The Kier molecular flexibility index (Phi) is 5.34. The number of amides is 1. The van der Waals surface area contributed by atoms with E-state index in [1.54, 1.807) is 6.07 Å². The van der Waals surface area contributed by atoms with E-state index in [4.69, 9.17) is 11.6 Å². The lowest BCUT2D eigenvalue weighted by Crippen LogP contribution is -2.46. The summed E-state index contributed by atoms with van der Waals surface area (Å²) in [6.45, 7) is 2.17. The minimum atomic E-state index is -0.521. The smallest absolute Gasteiger partial charge is 0.238 e. The van der Waals surface area contributed by atoms with Gasteiger partial charge in [-0.2, -0.15) is 0 Å². The van der Waals surface area contributed by atoms with Crippen molar-refractivity contribution in [3.05, 3.63) is 29.0 Å². The summed E-state index contributed by atoms with van der Waals surface area (Å²) in [5, 5.41) is 6.19. The zero-order valence-corrected chi connectivity index (χ0v) is 12.2. The summed E-state index contributed by atoms with van der Waals surface area (Å²) in [5.41, 5.74) is 0.162. The maximum atomic E-state index is 13.6. The van der Waals surface area contributed by atoms with Crippen molar-refractivity contribution in [2.75, 3.05) is 32.0 Å². The topological polar surface area (TPSA) is 44.4 Å². The summed E-state index contributed by atoms with van der Waals surface area (Å²) in [7, 11) is 1.91. The highest BCUT2D eigenvalue weighted by Crippen LogP contribution is 2.19. The third-order valence-corrected chi connectivity index (χ3v) is 3.73. The van der Waals surface area contributed by atoms with Gasteiger partial charge in [0.1, 0.15) is 5.82 Å². The quantitative estimate of drug-likeness (QED) is 0.895. The van der Waals surface area contributed by atoms with Gasteiger partial charge in [0, 0.05) is 17.6 Å². The van der Waals surface area contributed by atoms with Crippen LogP contribution in [0.2, 0.25) is 5.02 Å². The summed E-state index contributed by atoms with van der Waals surface area (Å²) in [5.74, 6) is -0.743. The van der Waals surface area contributed by atoms with Crippen molar-refractivity contribution in [2.45, 2.75) is 18.9 Å². The number of halogens is 2. The SMILES string of the molecule is CN(CC(=O)Nc1ccc(Cl)cc1F)C1CCCNC1. The van der Waals surface area contributed by atoms with Crippen LogP contribution in [0.5, 0.6) is 0 Å². The molecule has 1 atom stereocenters. The summed E-state index contributed by atoms with van der Waals surface area (Å²) in [6, 6.07) is 4.56. The fourth-order valence-corrected chi connectivity index (χ4v) is 2.50. The van der Waals surface area contributed by atoms with Gasteiger partial charge in [0.15, 0.2) is 0 Å². The van der Waals surface area contributed by atoms with Gasteiger partial charge in [-0.25, -0.2) is 4.39 Å². The van der Waals surface area contributed by atoms with Crippen LogP contribution in [0.25, 0.3) is 0 Å². The number of anilines is 1. The number of benzene rings is 1. The fourth-order valence-electron chi connectivity index (χ4n) is 2.35. The van der Waals surface area contributed by atoms with Crippen molar-refractivity contribution in [3.8, 4) is 0 Å². The Morgan fingerprint density at radius 2 is 2.40 bits per heavy atom. The molecule has 6 heteroatoms. The van der Waals surface area contributed by atoms with E-state index in [1.165, 1.54) is 12.1 Å². The Morgan fingerprint density at radius 1 is 1.60 bits per heavy atom. The van der Waals surface area contributed by atoms with E-state index in [2.05, 4.69) is 10.6 Å². The zero-order valence-electron chi connectivity index (χ0n) is 11.5. The molecule has 1 amide bonds. The number of hydrogen-bond donors (Lipinski definition) is 2. The lowest BCUT2D eigenvalue weighted by molar-refractivity contribution is -0.117. The minimum absolute atomic E-state index is 0.162. The largest absolute Gasteiger partial charge is 0.322 e. The average Bonchev–Trinajstić information content (AvgIpc) is 2.43. The number of nitrogens with zero attached hydrogens (tertiary/aromatic N) is 1. The van der Waals surface area contributed by atoms with E-state index in [0.717, 1.165) is 25.9 Å². The Morgan fingerprint density at radius 3 is 3.05 bits per heavy atom. The normalized spacial score (nSPS) is 19.1. The first-order valence-corrected chi connectivity index (χ1v) is 7.10. The van der Waals surface area contributed by atoms with E-state index in [-0.39, 0.29) is 18.1 Å². The molecule has 1 fully saturated rings. The molecule has 1 heterocycles. The first-order valence-electron chi connectivity index (χ1n) is 6.72. The molecule has 0 bridgehead atoms. The Bertz CT molecular complexity index is 477. The van der Waals surface area contributed by atoms with Gasteiger partial charge in [-0.1, -0.05) is 11.6 Å². The molecule has 4 nitrogen and oxygen atoms in total. The maximum absolute atomic E-state index is 13.6. The van der Waals surface area contributed by atoms with Gasteiger partial charge in [0.25, 0.3) is 0 Å². The maximum Gasteiger partial charge on any atom is 0.238 e. The molecule has 1 saturated heterocycles. The van der Waals surface area contributed by atoms with E-state index in [1.807, 2.05) is 11.9 Å². The van der Waals surface area contributed by atoms with Crippen LogP contribution < -0.4 is 10.6 Å². The van der Waals surface area contributed by atoms with Crippen molar-refractivity contribution in [1.82, 2.24) is 10.2 Å². The van der Waals surface area contributed by atoms with Crippen LogP contribution in [0.3, 0.4) is 0 Å². The third-order valence-electron chi connectivity index (χ3n) is 3.49. The fraction of sp³-hybridized carbons (Fsp3) is 0.500. The molecule has 20 heavy (non-hydrogen) atoms. The van der Waals surface area contributed by atoms with E-state index in [0.29, 0.717) is 11.1 Å². The van der Waals surface area contributed by atoms with Gasteiger partial charge in [0.2, 0.25) is 5.91 Å². The van der Waals surface area contributed by atoms with Crippen LogP contribution in [0.4, 0.5) is 10.1 Å². The predicted molar refractivity (Wildman–Crippen MR) is 78.6 cm³/mol. The van der Waals surface area contributed by atoms with Gasteiger partial charge in [-0.15, -0.1) is 0 Å². The molecule has 0 saturated carbocycles. The molecular formula is C14H19ClFN3O. The van der Waals surface area contributed by atoms with Crippen molar-refractivity contribution in [2.24, 2.45) is 0 Å². The molecule has 1 aliphatic rings. The lowest BCUT2D eigenvalue weighted by atomic mass is 10.1. The number of carbonyl (C=O) groups is 1. The Labute approximate surface area is 123 Å². The van der Waals surface area contributed by atoms with Gasteiger partial charge < -0.3 is 10.6 Å². The van der Waals surface area contributed by atoms with Crippen LogP contribution in [0.15, 0.2) is 18.2 Å². The van der Waals surface area contributed by atoms with Gasteiger partial charge >= 0.3 is 0 Å². The molecule has 0 aliphatic carbocycles. The summed E-state index contributed by atoms with van der Waals surface area (Å²) in [4.78, 5) is 13.9. The molecule has 0 aromatic heterocycles. The Hall–Kier alpha value is -1.17. The molecule has 1 aromatic rings. The number of carbonyl (C=O) groups excluding carboxylic acids is 1. The highest BCUT2D eigenvalue weighted by atomic mass is 35.5. The van der Waals surface area contributed by atoms with Crippen molar-refractivity contribution >= 4 is 23.2 Å². The number of hydrogen-bond acceptors (Lipinski definition) is 3. The summed E-state index contributed by atoms with van der Waals surface area (Å²) >= 11 is 5.67. The van der Waals surface area contributed by atoms with E-state index in [9.17, 15) is 9.18 Å². The van der Waals surface area contributed by atoms with E-state index >= 15 is 0 Å². The summed E-state index contributed by atoms with van der Waals surface area (Å²) < 4.78 is 13.6. The van der Waals surface area contributed by atoms with Crippen LogP contribution in [0.1, 0.15) is 12.8 Å². The van der Waals surface area contributed by atoms with E-state index < -0.39 is 5.82 Å². The minimum Gasteiger partial charge on any atom is -0.322 e. The zero-order chi connectivity index (χ0) is 14.5. The predicted octanol–water partition coefficient (Wildman–Crippen LogP) is 2.10. The second-order valence-electron chi connectivity index (χ2n) is 5.09. The molecule has 1 unspecified atom stereocenters. The summed E-state index contributed by atoms with van der Waals surface area (Å²) in [6.07, 6.45) is 2.19. The van der Waals surface area contributed by atoms with Gasteiger partial charge in [0.05, 0.1) is 12.2 Å². The van der Waals surface area contributed by atoms with Crippen molar-refractivity contribution in [1.29, 1.82) is 0 Å². The average molecular weight is 300 g/mol. The standard InChI is InChI=1S/C14H19ClFN3O/c1-19(11-3-2-6-17-8-11)9-14(20)18-13-5-4-10(15)7-12(13)16/h4-5,7,11,17H,2-3,6,8-9H2,1H3,(H,18,20). The molecule has 1 aromatic carbocycles. The second kappa shape index (κ2) is 7.02. The molecule has 0 spiro atoms. The molecule has 2 rings (SSSR count). The lowest BCUT2D eigenvalue weighted by Gasteiger charge is -2.31. The Balaban J connectivity index is 1.88. The van der Waals surface area contributed by atoms with Crippen molar-refractivity contribution < 1.29 is 9.18 Å². The van der Waals surface area contributed by atoms with Crippen molar-refractivity contribution in [3.63, 3.8) is 0 Å². The third kappa shape index (κ3) is 4.16. The van der Waals surface area contributed by atoms with Gasteiger partial charge in [-0.3, -0.25) is 9.69 Å². The number of rotatable bonds is 4. The van der Waals surface area contributed by atoms with Gasteiger partial charge in [-0.05, 0) is 44.6 Å². The first-order chi connectivity index (χ1) is 9.56. The molecular weight excluding hydrogens is 281 g/mol. The molecule has 2 N–H and O–H groups in total. The first kappa shape index (κ1) is 15.2. The molecule has 0 radical (unpaired) electrons. The molecule has 110 valence electrons. The number of likely N-dealkylation sites (N-methyl/N-ethyl adjacent to an activating group) is 1. The second-order valence-corrected chi connectivity index (χ2v) is 5.52. The van der Waals surface area contributed by atoms with Crippen LogP contribution >= 0.6 is 11.6 Å². The van der Waals surface area contributed by atoms with Crippen LogP contribution in [0, 0.1) is 5.82 Å². The number of nitrogens with one attached hydrogen (secondary N) is 2. The number of piperidine rings is 1. The highest BCUT2D eigenvalue weighted by Gasteiger charge is 2.19. The van der Waals surface area contributed by atoms with Crippen LogP contribution in [-0.2, 0) is 4.79 Å². The highest BCUT2D eigenvalue weighted by molar-refractivity contribution is 6.30. The molecule has 1 aliphatic heterocycles.